The molecule has 6 heteroatoms. The largest absolute Gasteiger partial charge is 0.493 e. The second kappa shape index (κ2) is 8.78. The molecule has 0 saturated carbocycles. The van der Waals surface area contributed by atoms with Crippen molar-refractivity contribution >= 4 is 23.6 Å². The van der Waals surface area contributed by atoms with E-state index in [9.17, 15) is 4.79 Å². The molecular weight excluding hydrogens is 352 g/mol. The number of benzene rings is 1. The molecule has 0 spiro atoms. The molecular formula is C20H27ClN2O3. The summed E-state index contributed by atoms with van der Waals surface area (Å²) in [5.41, 5.74) is 0.740. The summed E-state index contributed by atoms with van der Waals surface area (Å²) in [5.74, 6) is 1.09. The van der Waals surface area contributed by atoms with Crippen LogP contribution in [0.4, 0.5) is 0 Å². The van der Waals surface area contributed by atoms with Crippen LogP contribution < -0.4 is 9.47 Å². The Morgan fingerprint density at radius 2 is 1.81 bits per heavy atom. The molecule has 2 heterocycles. The molecule has 0 aromatic heterocycles. The van der Waals surface area contributed by atoms with E-state index >= 15 is 0 Å². The highest BCUT2D eigenvalue weighted by Gasteiger charge is 2.27. The average Bonchev–Trinajstić information content (AvgIpc) is 3.21. The Morgan fingerprint density at radius 1 is 1.12 bits per heavy atom. The van der Waals surface area contributed by atoms with Gasteiger partial charge in [-0.1, -0.05) is 11.6 Å². The van der Waals surface area contributed by atoms with Crippen LogP contribution in [0.3, 0.4) is 0 Å². The Morgan fingerprint density at radius 3 is 2.42 bits per heavy atom. The highest BCUT2D eigenvalue weighted by Crippen LogP contribution is 2.37. The van der Waals surface area contributed by atoms with Gasteiger partial charge < -0.3 is 19.3 Å². The summed E-state index contributed by atoms with van der Waals surface area (Å²) in [6, 6.07) is 4.26. The van der Waals surface area contributed by atoms with Gasteiger partial charge in [-0.3, -0.25) is 4.79 Å². The van der Waals surface area contributed by atoms with Crippen molar-refractivity contribution in [1.29, 1.82) is 0 Å². The van der Waals surface area contributed by atoms with Gasteiger partial charge >= 0.3 is 0 Å². The van der Waals surface area contributed by atoms with Gasteiger partial charge in [0.25, 0.3) is 0 Å². The van der Waals surface area contributed by atoms with Crippen molar-refractivity contribution in [3.05, 3.63) is 28.8 Å². The fourth-order valence-corrected chi connectivity index (χ4v) is 4.15. The zero-order valence-electron chi connectivity index (χ0n) is 15.5. The summed E-state index contributed by atoms with van der Waals surface area (Å²) in [4.78, 5) is 17.0. The second-order valence-electron chi connectivity index (χ2n) is 6.84. The van der Waals surface area contributed by atoms with Gasteiger partial charge in [-0.2, -0.15) is 0 Å². The van der Waals surface area contributed by atoms with Crippen LogP contribution in [0.15, 0.2) is 18.2 Å². The number of piperidine rings is 1. The number of rotatable bonds is 5. The van der Waals surface area contributed by atoms with Gasteiger partial charge in [0, 0.05) is 25.2 Å². The third kappa shape index (κ3) is 4.15. The number of carbonyl (C=O) groups is 1. The topological polar surface area (TPSA) is 42.0 Å². The number of amides is 1. The SMILES string of the molecule is COc1ccc(/C=C/C(=O)N2CCC(N3CCCC3)CC2)c(Cl)c1OC. The normalized spacial score (nSPS) is 19.3. The lowest BCUT2D eigenvalue weighted by Crippen LogP contribution is -2.45. The Bertz CT molecular complexity index is 663. The summed E-state index contributed by atoms with van der Waals surface area (Å²) in [6.45, 7) is 4.08. The summed E-state index contributed by atoms with van der Waals surface area (Å²) in [6.07, 6.45) is 8.11. The predicted octanol–water partition coefficient (Wildman–Crippen LogP) is 3.46. The van der Waals surface area contributed by atoms with Crippen LogP contribution in [-0.4, -0.2) is 62.1 Å². The van der Waals surface area contributed by atoms with Crippen LogP contribution in [0.2, 0.25) is 5.02 Å². The number of halogens is 1. The molecule has 26 heavy (non-hydrogen) atoms. The first kappa shape index (κ1) is 19.1. The van der Waals surface area contributed by atoms with Crippen LogP contribution in [0.5, 0.6) is 11.5 Å². The van der Waals surface area contributed by atoms with E-state index in [2.05, 4.69) is 4.90 Å². The number of hydrogen-bond donors (Lipinski definition) is 0. The Labute approximate surface area is 160 Å². The van der Waals surface area contributed by atoms with Crippen LogP contribution in [-0.2, 0) is 4.79 Å². The molecule has 1 aromatic rings. The van der Waals surface area contributed by atoms with Gasteiger partial charge in [-0.25, -0.2) is 0 Å². The lowest BCUT2D eigenvalue weighted by Gasteiger charge is -2.36. The van der Waals surface area contributed by atoms with Crippen LogP contribution in [0.25, 0.3) is 6.08 Å². The fraction of sp³-hybridized carbons (Fsp3) is 0.550. The summed E-state index contributed by atoms with van der Waals surface area (Å²) < 4.78 is 10.5. The maximum Gasteiger partial charge on any atom is 0.246 e. The summed E-state index contributed by atoms with van der Waals surface area (Å²) in [7, 11) is 3.12. The maximum absolute atomic E-state index is 12.5. The lowest BCUT2D eigenvalue weighted by atomic mass is 10.0. The first-order valence-electron chi connectivity index (χ1n) is 9.25. The predicted molar refractivity (Wildman–Crippen MR) is 104 cm³/mol. The number of hydrogen-bond acceptors (Lipinski definition) is 4. The smallest absolute Gasteiger partial charge is 0.246 e. The van der Waals surface area contributed by atoms with E-state index in [1.54, 1.807) is 32.4 Å². The van der Waals surface area contributed by atoms with E-state index in [4.69, 9.17) is 21.1 Å². The number of carbonyl (C=O) groups excluding carboxylic acids is 1. The molecule has 0 unspecified atom stereocenters. The first-order valence-corrected chi connectivity index (χ1v) is 9.63. The average molecular weight is 379 g/mol. The van der Waals surface area contributed by atoms with E-state index in [0.717, 1.165) is 31.5 Å². The lowest BCUT2D eigenvalue weighted by molar-refractivity contribution is -0.127. The van der Waals surface area contributed by atoms with E-state index in [0.29, 0.717) is 22.6 Å². The third-order valence-electron chi connectivity index (χ3n) is 5.35. The highest BCUT2D eigenvalue weighted by molar-refractivity contribution is 6.33. The third-order valence-corrected chi connectivity index (χ3v) is 5.74. The second-order valence-corrected chi connectivity index (χ2v) is 7.22. The van der Waals surface area contributed by atoms with Gasteiger partial charge in [-0.05, 0) is 62.5 Å². The number of nitrogens with zero attached hydrogens (tertiary/aromatic N) is 2. The van der Waals surface area contributed by atoms with Crippen molar-refractivity contribution < 1.29 is 14.3 Å². The minimum absolute atomic E-state index is 0.0377. The quantitative estimate of drug-likeness (QED) is 0.736. The molecule has 1 amide bonds. The number of ether oxygens (including phenoxy) is 2. The van der Waals surface area contributed by atoms with Crippen LogP contribution in [0.1, 0.15) is 31.2 Å². The monoisotopic (exact) mass is 378 g/mol. The molecule has 0 N–H and O–H groups in total. The molecule has 0 aliphatic carbocycles. The van der Waals surface area contributed by atoms with E-state index in [1.807, 2.05) is 11.0 Å². The van der Waals surface area contributed by atoms with Crippen molar-refractivity contribution in [2.24, 2.45) is 0 Å². The molecule has 0 radical (unpaired) electrons. The van der Waals surface area contributed by atoms with E-state index in [1.165, 1.54) is 25.9 Å². The van der Waals surface area contributed by atoms with Crippen molar-refractivity contribution in [2.45, 2.75) is 31.7 Å². The molecule has 1 aromatic carbocycles. The van der Waals surface area contributed by atoms with Crippen molar-refractivity contribution in [3.8, 4) is 11.5 Å². The van der Waals surface area contributed by atoms with Crippen molar-refractivity contribution in [2.75, 3.05) is 40.4 Å². The minimum atomic E-state index is 0.0377. The summed E-state index contributed by atoms with van der Waals surface area (Å²) >= 11 is 6.37. The molecule has 2 aliphatic heterocycles. The molecule has 142 valence electrons. The van der Waals surface area contributed by atoms with Gasteiger partial charge in [0.1, 0.15) is 0 Å². The first-order chi connectivity index (χ1) is 12.6. The van der Waals surface area contributed by atoms with Gasteiger partial charge in [0.15, 0.2) is 11.5 Å². The Hall–Kier alpha value is -1.72. The van der Waals surface area contributed by atoms with Crippen LogP contribution >= 0.6 is 11.6 Å². The van der Waals surface area contributed by atoms with E-state index < -0.39 is 0 Å². The summed E-state index contributed by atoms with van der Waals surface area (Å²) in [5, 5.41) is 0.448. The molecule has 2 saturated heterocycles. The van der Waals surface area contributed by atoms with Crippen molar-refractivity contribution in [1.82, 2.24) is 9.80 Å². The zero-order chi connectivity index (χ0) is 18.5. The number of methoxy groups -OCH3 is 2. The molecule has 5 nitrogen and oxygen atoms in total. The van der Waals surface area contributed by atoms with Gasteiger partial charge in [0.2, 0.25) is 5.91 Å². The fourth-order valence-electron chi connectivity index (χ4n) is 3.86. The van der Waals surface area contributed by atoms with E-state index in [-0.39, 0.29) is 5.91 Å². The molecule has 3 rings (SSSR count). The number of likely N-dealkylation sites (tertiary alicyclic amines) is 2. The van der Waals surface area contributed by atoms with Crippen molar-refractivity contribution in [3.63, 3.8) is 0 Å². The Balaban J connectivity index is 1.60. The minimum Gasteiger partial charge on any atom is -0.493 e. The molecule has 2 aliphatic rings. The molecule has 0 atom stereocenters. The zero-order valence-corrected chi connectivity index (χ0v) is 16.3. The molecule has 2 fully saturated rings. The Kier molecular flexibility index (Phi) is 6.43. The standard InChI is InChI=1S/C20H27ClN2O3/c1-25-17-7-5-15(19(21)20(17)26-2)6-8-18(24)23-13-9-16(10-14-23)22-11-3-4-12-22/h5-8,16H,3-4,9-14H2,1-2H3/b8-6+. The van der Waals surface area contributed by atoms with Gasteiger partial charge in [-0.15, -0.1) is 0 Å². The van der Waals surface area contributed by atoms with Crippen LogP contribution in [0, 0.1) is 0 Å². The van der Waals surface area contributed by atoms with Gasteiger partial charge in [0.05, 0.1) is 19.2 Å². The highest BCUT2D eigenvalue weighted by atomic mass is 35.5. The maximum atomic E-state index is 12.5. The molecule has 0 bridgehead atoms.